The first-order chi connectivity index (χ1) is 8.52. The van der Waals surface area contributed by atoms with Crippen molar-refractivity contribution in [2.45, 2.75) is 45.6 Å². The molecule has 1 heterocycles. The highest BCUT2D eigenvalue weighted by Crippen LogP contribution is 2.41. The molecule has 1 aromatic rings. The summed E-state index contributed by atoms with van der Waals surface area (Å²) in [6.45, 7) is 6.23. The zero-order chi connectivity index (χ0) is 13.2. The van der Waals surface area contributed by atoms with Crippen molar-refractivity contribution in [3.05, 3.63) is 23.8 Å². The molecule has 0 aromatic heterocycles. The van der Waals surface area contributed by atoms with Crippen LogP contribution in [0.5, 0.6) is 11.5 Å². The van der Waals surface area contributed by atoms with Crippen molar-refractivity contribution in [2.75, 3.05) is 6.61 Å². The average molecular weight is 248 g/mol. The van der Waals surface area contributed by atoms with Gasteiger partial charge in [-0.15, -0.1) is 0 Å². The molecule has 0 aliphatic carbocycles. The van der Waals surface area contributed by atoms with Gasteiger partial charge in [0.1, 0.15) is 12.2 Å². The fourth-order valence-electron chi connectivity index (χ4n) is 2.21. The van der Waals surface area contributed by atoms with E-state index in [0.717, 1.165) is 24.2 Å². The Morgan fingerprint density at radius 1 is 1.44 bits per heavy atom. The van der Waals surface area contributed by atoms with E-state index in [-0.39, 0.29) is 18.0 Å². The Balaban J connectivity index is 2.08. The molecular weight excluding hydrogens is 228 g/mol. The van der Waals surface area contributed by atoms with Crippen LogP contribution in [0.3, 0.4) is 0 Å². The van der Waals surface area contributed by atoms with Gasteiger partial charge in [0.2, 0.25) is 0 Å². The first-order valence-corrected chi connectivity index (χ1v) is 6.47. The number of rotatable bonds is 5. The third-order valence-corrected chi connectivity index (χ3v) is 2.97. The molecule has 0 saturated heterocycles. The van der Waals surface area contributed by atoms with Crippen molar-refractivity contribution in [1.29, 1.82) is 0 Å². The zero-order valence-electron chi connectivity index (χ0n) is 11.3. The standard InChI is InChI=1S/C15H20O3/c1-4-6-12(16)10-17-13-8-5-7-11-9-15(2,3)18-14(11)13/h5,7-8H,4,6,9-10H2,1-3H3. The third kappa shape index (κ3) is 2.84. The molecule has 2 rings (SSSR count). The van der Waals surface area contributed by atoms with Gasteiger partial charge in [-0.1, -0.05) is 19.1 Å². The van der Waals surface area contributed by atoms with E-state index in [2.05, 4.69) is 13.8 Å². The quantitative estimate of drug-likeness (QED) is 0.803. The van der Waals surface area contributed by atoms with Crippen LogP contribution < -0.4 is 9.47 Å². The third-order valence-electron chi connectivity index (χ3n) is 2.97. The summed E-state index contributed by atoms with van der Waals surface area (Å²) in [6.07, 6.45) is 2.31. The molecule has 0 amide bonds. The summed E-state index contributed by atoms with van der Waals surface area (Å²) in [7, 11) is 0. The topological polar surface area (TPSA) is 35.5 Å². The van der Waals surface area contributed by atoms with Crippen LogP contribution in [0.25, 0.3) is 0 Å². The first kappa shape index (κ1) is 12.9. The van der Waals surface area contributed by atoms with Crippen LogP contribution in [0.1, 0.15) is 39.2 Å². The van der Waals surface area contributed by atoms with Gasteiger partial charge in [-0.05, 0) is 26.3 Å². The van der Waals surface area contributed by atoms with Crippen molar-refractivity contribution < 1.29 is 14.3 Å². The maximum Gasteiger partial charge on any atom is 0.170 e. The molecule has 0 spiro atoms. The van der Waals surface area contributed by atoms with Crippen LogP contribution in [0.2, 0.25) is 0 Å². The number of hydrogen-bond acceptors (Lipinski definition) is 3. The largest absolute Gasteiger partial charge is 0.483 e. The Labute approximate surface area is 108 Å². The minimum Gasteiger partial charge on any atom is -0.483 e. The minimum atomic E-state index is -0.185. The molecule has 0 unspecified atom stereocenters. The lowest BCUT2D eigenvalue weighted by molar-refractivity contribution is -0.121. The second-order valence-corrected chi connectivity index (χ2v) is 5.36. The van der Waals surface area contributed by atoms with Crippen molar-refractivity contribution in [1.82, 2.24) is 0 Å². The van der Waals surface area contributed by atoms with E-state index in [1.54, 1.807) is 0 Å². The summed E-state index contributed by atoms with van der Waals surface area (Å²) in [6, 6.07) is 5.85. The van der Waals surface area contributed by atoms with Gasteiger partial charge in [0.05, 0.1) is 0 Å². The molecule has 0 N–H and O–H groups in total. The van der Waals surface area contributed by atoms with Crippen LogP contribution in [-0.4, -0.2) is 18.0 Å². The summed E-state index contributed by atoms with van der Waals surface area (Å²) in [5.41, 5.74) is 0.968. The van der Waals surface area contributed by atoms with E-state index in [0.29, 0.717) is 12.2 Å². The number of para-hydroxylation sites is 1. The van der Waals surface area contributed by atoms with E-state index >= 15 is 0 Å². The Morgan fingerprint density at radius 2 is 2.22 bits per heavy atom. The summed E-state index contributed by atoms with van der Waals surface area (Å²) >= 11 is 0. The highest BCUT2D eigenvalue weighted by Gasteiger charge is 2.32. The second-order valence-electron chi connectivity index (χ2n) is 5.36. The van der Waals surface area contributed by atoms with Gasteiger partial charge in [-0.3, -0.25) is 4.79 Å². The molecule has 0 saturated carbocycles. The highest BCUT2D eigenvalue weighted by molar-refractivity contribution is 5.80. The average Bonchev–Trinajstić information content (AvgIpc) is 2.61. The highest BCUT2D eigenvalue weighted by atomic mass is 16.5. The molecular formula is C15H20O3. The van der Waals surface area contributed by atoms with Crippen molar-refractivity contribution in [2.24, 2.45) is 0 Å². The lowest BCUT2D eigenvalue weighted by Crippen LogP contribution is -2.24. The Bertz CT molecular complexity index is 449. The fourth-order valence-corrected chi connectivity index (χ4v) is 2.21. The number of carbonyl (C=O) groups excluding carboxylic acids is 1. The molecule has 0 radical (unpaired) electrons. The monoisotopic (exact) mass is 248 g/mol. The Morgan fingerprint density at radius 3 is 2.94 bits per heavy atom. The SMILES string of the molecule is CCCC(=O)COc1cccc2c1OC(C)(C)C2. The normalized spacial score (nSPS) is 15.9. The summed E-state index contributed by atoms with van der Waals surface area (Å²) in [5, 5.41) is 0. The Kier molecular flexibility index (Phi) is 3.60. The van der Waals surface area contributed by atoms with Gasteiger partial charge in [0.25, 0.3) is 0 Å². The van der Waals surface area contributed by atoms with Crippen LogP contribution in [0.4, 0.5) is 0 Å². The van der Waals surface area contributed by atoms with Gasteiger partial charge in [0.15, 0.2) is 17.3 Å². The lowest BCUT2D eigenvalue weighted by atomic mass is 10.0. The number of ether oxygens (including phenoxy) is 2. The Hall–Kier alpha value is -1.51. The molecule has 98 valence electrons. The number of carbonyl (C=O) groups is 1. The molecule has 0 fully saturated rings. The summed E-state index contributed by atoms with van der Waals surface area (Å²) in [4.78, 5) is 11.5. The summed E-state index contributed by atoms with van der Waals surface area (Å²) < 4.78 is 11.5. The molecule has 0 bridgehead atoms. The maximum atomic E-state index is 11.5. The van der Waals surface area contributed by atoms with Crippen molar-refractivity contribution in [3.8, 4) is 11.5 Å². The lowest BCUT2D eigenvalue weighted by Gasteiger charge is -2.18. The second kappa shape index (κ2) is 5.01. The molecule has 0 atom stereocenters. The van der Waals surface area contributed by atoms with E-state index in [9.17, 15) is 4.79 Å². The van der Waals surface area contributed by atoms with Crippen LogP contribution in [0, 0.1) is 0 Å². The van der Waals surface area contributed by atoms with Gasteiger partial charge in [-0.25, -0.2) is 0 Å². The molecule has 3 nitrogen and oxygen atoms in total. The van der Waals surface area contributed by atoms with Gasteiger partial charge in [-0.2, -0.15) is 0 Å². The zero-order valence-corrected chi connectivity index (χ0v) is 11.3. The smallest absolute Gasteiger partial charge is 0.170 e. The van der Waals surface area contributed by atoms with E-state index in [4.69, 9.17) is 9.47 Å². The minimum absolute atomic E-state index is 0.132. The molecule has 1 aliphatic heterocycles. The fraction of sp³-hybridized carbons (Fsp3) is 0.533. The van der Waals surface area contributed by atoms with Crippen molar-refractivity contribution in [3.63, 3.8) is 0 Å². The number of hydrogen-bond donors (Lipinski definition) is 0. The van der Waals surface area contributed by atoms with Gasteiger partial charge >= 0.3 is 0 Å². The number of Topliss-reactive ketones (excluding diaryl/α,β-unsaturated/α-hetero) is 1. The van der Waals surface area contributed by atoms with Crippen LogP contribution in [0.15, 0.2) is 18.2 Å². The summed E-state index contributed by atoms with van der Waals surface area (Å²) in [5.74, 6) is 1.61. The van der Waals surface area contributed by atoms with Crippen LogP contribution in [-0.2, 0) is 11.2 Å². The van der Waals surface area contributed by atoms with Gasteiger partial charge < -0.3 is 9.47 Å². The van der Waals surface area contributed by atoms with Gasteiger partial charge in [0, 0.05) is 18.4 Å². The predicted octanol–water partition coefficient (Wildman–Crippen LogP) is 3.15. The molecule has 18 heavy (non-hydrogen) atoms. The molecule has 1 aliphatic rings. The van der Waals surface area contributed by atoms with E-state index < -0.39 is 0 Å². The first-order valence-electron chi connectivity index (χ1n) is 6.47. The number of fused-ring (bicyclic) bond motifs is 1. The predicted molar refractivity (Wildman–Crippen MR) is 70.3 cm³/mol. The van der Waals surface area contributed by atoms with Crippen molar-refractivity contribution >= 4 is 5.78 Å². The van der Waals surface area contributed by atoms with E-state index in [1.807, 2.05) is 25.1 Å². The van der Waals surface area contributed by atoms with E-state index in [1.165, 1.54) is 0 Å². The number of ketones is 1. The molecule has 1 aromatic carbocycles. The number of benzene rings is 1. The van der Waals surface area contributed by atoms with Crippen LogP contribution >= 0.6 is 0 Å². The molecule has 3 heteroatoms. The maximum absolute atomic E-state index is 11.5.